The summed E-state index contributed by atoms with van der Waals surface area (Å²) < 4.78 is 0. The molecule has 0 saturated carbocycles. The highest BCUT2D eigenvalue weighted by atomic mass is 32.1. The molecule has 1 aromatic carbocycles. The Balaban J connectivity index is 2.56. The van der Waals surface area contributed by atoms with Crippen molar-refractivity contribution in [1.29, 1.82) is 0 Å². The summed E-state index contributed by atoms with van der Waals surface area (Å²) in [5.74, 6) is -0.0844. The van der Waals surface area contributed by atoms with Gasteiger partial charge >= 0.3 is 0 Å². The first-order valence-corrected chi connectivity index (χ1v) is 4.88. The van der Waals surface area contributed by atoms with Gasteiger partial charge in [0.1, 0.15) is 0 Å². The summed E-state index contributed by atoms with van der Waals surface area (Å²) in [6.45, 7) is 1.94. The van der Waals surface area contributed by atoms with E-state index in [-0.39, 0.29) is 5.91 Å². The van der Waals surface area contributed by atoms with Gasteiger partial charge in [-0.25, -0.2) is 0 Å². The molecule has 0 spiro atoms. The molecule has 80 valence electrons. The third kappa shape index (κ3) is 4.42. The van der Waals surface area contributed by atoms with Gasteiger partial charge in [0.05, 0.1) is 11.5 Å². The van der Waals surface area contributed by atoms with Gasteiger partial charge in [0.2, 0.25) is 5.91 Å². The van der Waals surface area contributed by atoms with Gasteiger partial charge in [0.25, 0.3) is 0 Å². The Morgan fingerprint density at radius 2 is 1.87 bits per heavy atom. The molecule has 1 amide bonds. The number of anilines is 2. The molecule has 0 saturated heterocycles. The van der Waals surface area contributed by atoms with E-state index in [1.165, 1.54) is 6.92 Å². The Morgan fingerprint density at radius 3 is 2.33 bits per heavy atom. The van der Waals surface area contributed by atoms with Crippen molar-refractivity contribution in [3.05, 3.63) is 24.3 Å². The van der Waals surface area contributed by atoms with E-state index in [1.807, 2.05) is 24.3 Å². The Morgan fingerprint density at radius 1 is 1.33 bits per heavy atom. The number of carbonyl (C=O) groups is 1. The maximum atomic E-state index is 10.8. The average molecular weight is 223 g/mol. The Hall–Kier alpha value is -1.62. The molecule has 1 aromatic rings. The molecule has 1 rings (SSSR count). The van der Waals surface area contributed by atoms with Crippen LogP contribution in [0.4, 0.5) is 11.4 Å². The second-order valence-corrected chi connectivity index (χ2v) is 3.60. The first kappa shape index (κ1) is 11.5. The van der Waals surface area contributed by atoms with Crippen molar-refractivity contribution in [3.63, 3.8) is 0 Å². The van der Waals surface area contributed by atoms with E-state index in [4.69, 9.17) is 18.0 Å². The fourth-order valence-electron chi connectivity index (χ4n) is 1.06. The van der Waals surface area contributed by atoms with Gasteiger partial charge in [-0.05, 0) is 24.3 Å². The van der Waals surface area contributed by atoms with Gasteiger partial charge < -0.3 is 16.4 Å². The standard InChI is InChI=1S/C10H13N3OS/c1-7(14)13-9-4-2-8(3-5-9)12-6-10(11)15/h2-5,12H,6H2,1H3,(H2,11,15)(H,13,14). The molecule has 0 fully saturated rings. The predicted octanol–water partition coefficient (Wildman–Crippen LogP) is 1.34. The summed E-state index contributed by atoms with van der Waals surface area (Å²) in [6.07, 6.45) is 0. The second-order valence-electron chi connectivity index (χ2n) is 3.08. The number of nitrogens with one attached hydrogen (secondary N) is 2. The highest BCUT2D eigenvalue weighted by Gasteiger charge is 1.96. The predicted molar refractivity (Wildman–Crippen MR) is 66.0 cm³/mol. The van der Waals surface area contributed by atoms with E-state index in [1.54, 1.807) is 0 Å². The summed E-state index contributed by atoms with van der Waals surface area (Å²) >= 11 is 4.74. The van der Waals surface area contributed by atoms with Gasteiger partial charge in [-0.2, -0.15) is 0 Å². The van der Waals surface area contributed by atoms with E-state index < -0.39 is 0 Å². The normalized spacial score (nSPS) is 9.40. The molecule has 0 aliphatic rings. The molecule has 0 radical (unpaired) electrons. The Labute approximate surface area is 93.9 Å². The first-order chi connectivity index (χ1) is 7.08. The number of thiocarbonyl (C=S) groups is 1. The largest absolute Gasteiger partial charge is 0.392 e. The van der Waals surface area contributed by atoms with Crippen LogP contribution in [0.5, 0.6) is 0 Å². The summed E-state index contributed by atoms with van der Waals surface area (Å²) in [4.78, 5) is 11.2. The summed E-state index contributed by atoms with van der Waals surface area (Å²) in [7, 11) is 0. The lowest BCUT2D eigenvalue weighted by Crippen LogP contribution is -2.19. The second kappa shape index (κ2) is 5.31. The molecule has 4 N–H and O–H groups in total. The van der Waals surface area contributed by atoms with E-state index in [9.17, 15) is 4.79 Å². The molecule has 4 nitrogen and oxygen atoms in total. The van der Waals surface area contributed by atoms with Crippen molar-refractivity contribution in [2.45, 2.75) is 6.92 Å². The molecule has 0 aliphatic carbocycles. The van der Waals surface area contributed by atoms with Crippen molar-refractivity contribution < 1.29 is 4.79 Å². The van der Waals surface area contributed by atoms with Crippen LogP contribution >= 0.6 is 12.2 Å². The maximum absolute atomic E-state index is 10.8. The van der Waals surface area contributed by atoms with E-state index in [0.29, 0.717) is 11.5 Å². The molecule has 0 atom stereocenters. The van der Waals surface area contributed by atoms with Crippen molar-refractivity contribution in [2.75, 3.05) is 17.2 Å². The third-order valence-electron chi connectivity index (χ3n) is 1.67. The monoisotopic (exact) mass is 223 g/mol. The van der Waals surface area contributed by atoms with Crippen molar-refractivity contribution in [3.8, 4) is 0 Å². The number of benzene rings is 1. The lowest BCUT2D eigenvalue weighted by molar-refractivity contribution is -0.114. The Bertz CT molecular complexity index is 361. The van der Waals surface area contributed by atoms with Crippen LogP contribution in [0, 0.1) is 0 Å². The number of amides is 1. The van der Waals surface area contributed by atoms with Gasteiger partial charge in [-0.15, -0.1) is 0 Å². The third-order valence-corrected chi connectivity index (χ3v) is 1.82. The lowest BCUT2D eigenvalue weighted by Gasteiger charge is -2.06. The lowest BCUT2D eigenvalue weighted by atomic mass is 10.3. The Kier molecular flexibility index (Phi) is 4.05. The maximum Gasteiger partial charge on any atom is 0.221 e. The van der Waals surface area contributed by atoms with Gasteiger partial charge in [-0.3, -0.25) is 4.79 Å². The van der Waals surface area contributed by atoms with Gasteiger partial charge in [0, 0.05) is 18.3 Å². The molecule has 0 bridgehead atoms. The van der Waals surface area contributed by atoms with Crippen molar-refractivity contribution >= 4 is 34.5 Å². The van der Waals surface area contributed by atoms with Crippen molar-refractivity contribution in [1.82, 2.24) is 0 Å². The fraction of sp³-hybridized carbons (Fsp3) is 0.200. The van der Waals surface area contributed by atoms with Crippen LogP contribution in [0.3, 0.4) is 0 Å². The topological polar surface area (TPSA) is 67.2 Å². The van der Waals surface area contributed by atoms with Crippen LogP contribution in [0.2, 0.25) is 0 Å². The van der Waals surface area contributed by atoms with Gasteiger partial charge in [-0.1, -0.05) is 12.2 Å². The number of carbonyl (C=O) groups excluding carboxylic acids is 1. The molecule has 0 heterocycles. The van der Waals surface area contributed by atoms with E-state index in [2.05, 4.69) is 10.6 Å². The van der Waals surface area contributed by atoms with Crippen LogP contribution in [-0.4, -0.2) is 17.4 Å². The smallest absolute Gasteiger partial charge is 0.221 e. The average Bonchev–Trinajstić information content (AvgIpc) is 2.16. The summed E-state index contributed by atoms with van der Waals surface area (Å²) in [5, 5.41) is 5.73. The highest BCUT2D eigenvalue weighted by molar-refractivity contribution is 7.80. The molecule has 5 heteroatoms. The van der Waals surface area contributed by atoms with Crippen LogP contribution in [0.15, 0.2) is 24.3 Å². The molecule has 0 aromatic heterocycles. The molecular weight excluding hydrogens is 210 g/mol. The molecule has 0 aliphatic heterocycles. The number of hydrogen-bond acceptors (Lipinski definition) is 3. The van der Waals surface area contributed by atoms with E-state index in [0.717, 1.165) is 11.4 Å². The van der Waals surface area contributed by atoms with Crippen LogP contribution in [-0.2, 0) is 4.79 Å². The summed E-state index contributed by atoms with van der Waals surface area (Å²) in [5.41, 5.74) is 7.03. The van der Waals surface area contributed by atoms with Crippen LogP contribution in [0.25, 0.3) is 0 Å². The van der Waals surface area contributed by atoms with Crippen molar-refractivity contribution in [2.24, 2.45) is 5.73 Å². The minimum atomic E-state index is -0.0844. The zero-order valence-corrected chi connectivity index (χ0v) is 9.23. The molecule has 15 heavy (non-hydrogen) atoms. The quantitative estimate of drug-likeness (QED) is 0.674. The first-order valence-electron chi connectivity index (χ1n) is 4.48. The SMILES string of the molecule is CC(=O)Nc1ccc(NCC(N)=S)cc1. The molecular formula is C10H13N3OS. The number of nitrogens with two attached hydrogens (primary N) is 1. The van der Waals surface area contributed by atoms with E-state index >= 15 is 0 Å². The zero-order valence-electron chi connectivity index (χ0n) is 8.41. The fourth-order valence-corrected chi connectivity index (χ4v) is 1.14. The van der Waals surface area contributed by atoms with Gasteiger partial charge in [0.15, 0.2) is 0 Å². The molecule has 0 unspecified atom stereocenters. The minimum Gasteiger partial charge on any atom is -0.392 e. The zero-order chi connectivity index (χ0) is 11.3. The van der Waals surface area contributed by atoms with Crippen LogP contribution in [0.1, 0.15) is 6.92 Å². The number of hydrogen-bond donors (Lipinski definition) is 3. The highest BCUT2D eigenvalue weighted by Crippen LogP contribution is 2.12. The summed E-state index contributed by atoms with van der Waals surface area (Å²) in [6, 6.07) is 7.32. The van der Waals surface area contributed by atoms with Crippen LogP contribution < -0.4 is 16.4 Å². The minimum absolute atomic E-state index is 0.0844. The number of rotatable bonds is 4.